The molecule has 0 aliphatic heterocycles. The minimum atomic E-state index is -1.03. The van der Waals surface area contributed by atoms with Gasteiger partial charge in [0.1, 0.15) is 0 Å². The second-order valence-electron chi connectivity index (χ2n) is 9.36. The zero-order valence-corrected chi connectivity index (χ0v) is 25.0. The Morgan fingerprint density at radius 3 is 1.25 bits per heavy atom. The highest BCUT2D eigenvalue weighted by molar-refractivity contribution is 6.35. The zero-order valence-electron chi connectivity index (χ0n) is 23.5. The summed E-state index contributed by atoms with van der Waals surface area (Å²) in [5.41, 5.74) is 8.31. The third-order valence-electron chi connectivity index (χ3n) is 6.15. The van der Waals surface area contributed by atoms with Gasteiger partial charge in [-0.05, 0) is 97.8 Å². The Bertz CT molecular complexity index is 1640. The molecule has 0 aromatic heterocycles. The summed E-state index contributed by atoms with van der Waals surface area (Å²) in [6.45, 7) is 3.28. The summed E-state index contributed by atoms with van der Waals surface area (Å²) in [6.07, 6.45) is 0. The third-order valence-corrected chi connectivity index (χ3v) is 6.65. The fraction of sp³-hybridized carbons (Fsp3) is 0.0625. The van der Waals surface area contributed by atoms with Gasteiger partial charge in [0.15, 0.2) is 0 Å². The van der Waals surface area contributed by atoms with Crippen molar-refractivity contribution in [1.82, 2.24) is 10.9 Å². The number of carbonyl (C=O) groups excluding carboxylic acids is 4. The van der Waals surface area contributed by atoms with Crippen LogP contribution in [0.1, 0.15) is 45.7 Å². The first-order valence-corrected chi connectivity index (χ1v) is 13.9. The standard InChI is InChI=1S/C32H26Cl2N6O4/c1-19(23-5-3-7-27(17-23)35-29(41)21-9-13-25(33)14-10-21)37-39-31(43)32(44)40-38-20(2)24-6-4-8-28(18-24)36-30(42)22-11-15-26(34)16-12-22/h3-18H,1-2H3,(H,35,41)(H,36,42)(H,39,43)(H,40,44)/b37-19+,38-20+. The van der Waals surface area contributed by atoms with Crippen molar-refractivity contribution >= 4 is 69.6 Å². The number of carbonyl (C=O) groups is 4. The van der Waals surface area contributed by atoms with Crippen LogP contribution < -0.4 is 21.5 Å². The van der Waals surface area contributed by atoms with Gasteiger partial charge in [-0.1, -0.05) is 47.5 Å². The largest absolute Gasteiger partial charge is 0.331 e. The highest BCUT2D eigenvalue weighted by Crippen LogP contribution is 2.16. The molecule has 0 heterocycles. The predicted octanol–water partition coefficient (Wildman–Crippen LogP) is 5.88. The summed E-state index contributed by atoms with van der Waals surface area (Å²) in [7, 11) is 0. The molecule has 0 saturated heterocycles. The van der Waals surface area contributed by atoms with E-state index in [-0.39, 0.29) is 11.8 Å². The molecule has 4 aromatic carbocycles. The topological polar surface area (TPSA) is 141 Å². The van der Waals surface area contributed by atoms with Crippen LogP contribution in [0.15, 0.2) is 107 Å². The third kappa shape index (κ3) is 8.84. The van der Waals surface area contributed by atoms with Crippen molar-refractivity contribution < 1.29 is 19.2 Å². The normalized spacial score (nSPS) is 11.4. The summed E-state index contributed by atoms with van der Waals surface area (Å²) in [5, 5.41) is 14.6. The van der Waals surface area contributed by atoms with E-state index in [9.17, 15) is 19.2 Å². The Kier molecular flexibility index (Phi) is 10.6. The van der Waals surface area contributed by atoms with Gasteiger partial charge in [0.25, 0.3) is 11.8 Å². The van der Waals surface area contributed by atoms with Gasteiger partial charge in [0, 0.05) is 32.5 Å². The van der Waals surface area contributed by atoms with Gasteiger partial charge in [-0.15, -0.1) is 0 Å². The molecule has 4 aromatic rings. The van der Waals surface area contributed by atoms with Crippen molar-refractivity contribution in [3.8, 4) is 0 Å². The monoisotopic (exact) mass is 628 g/mol. The van der Waals surface area contributed by atoms with Gasteiger partial charge >= 0.3 is 11.8 Å². The van der Waals surface area contributed by atoms with Crippen LogP contribution in [0.4, 0.5) is 11.4 Å². The number of benzene rings is 4. The van der Waals surface area contributed by atoms with Crippen molar-refractivity contribution in [2.75, 3.05) is 10.6 Å². The first-order chi connectivity index (χ1) is 21.1. The molecule has 0 aliphatic carbocycles. The molecule has 0 spiro atoms. The summed E-state index contributed by atoms with van der Waals surface area (Å²) < 4.78 is 0. The zero-order chi connectivity index (χ0) is 31.6. The number of hydrogen-bond acceptors (Lipinski definition) is 6. The number of hydrogen-bond donors (Lipinski definition) is 4. The van der Waals surface area contributed by atoms with E-state index in [1.165, 1.54) is 0 Å². The smallest absolute Gasteiger partial charge is 0.322 e. The lowest BCUT2D eigenvalue weighted by molar-refractivity contribution is -0.139. The van der Waals surface area contributed by atoms with Crippen LogP contribution in [0.25, 0.3) is 0 Å². The Morgan fingerprint density at radius 2 is 0.886 bits per heavy atom. The van der Waals surface area contributed by atoms with Gasteiger partial charge < -0.3 is 10.6 Å². The number of amides is 4. The van der Waals surface area contributed by atoms with E-state index in [0.717, 1.165) is 0 Å². The molecule has 10 nitrogen and oxygen atoms in total. The van der Waals surface area contributed by atoms with Gasteiger partial charge in [0.2, 0.25) is 0 Å². The molecule has 0 unspecified atom stereocenters. The Balaban J connectivity index is 1.32. The fourth-order valence-corrected chi connectivity index (χ4v) is 4.00. The van der Waals surface area contributed by atoms with E-state index >= 15 is 0 Å². The lowest BCUT2D eigenvalue weighted by Crippen LogP contribution is -2.36. The maximum atomic E-state index is 12.5. The highest BCUT2D eigenvalue weighted by atomic mass is 35.5. The van der Waals surface area contributed by atoms with Crippen LogP contribution in [-0.4, -0.2) is 35.1 Å². The molecule has 0 fully saturated rings. The molecule has 0 radical (unpaired) electrons. The maximum Gasteiger partial charge on any atom is 0.331 e. The number of halogens is 2. The van der Waals surface area contributed by atoms with E-state index in [0.29, 0.717) is 55.1 Å². The van der Waals surface area contributed by atoms with Crippen molar-refractivity contribution in [3.05, 3.63) is 129 Å². The average Bonchev–Trinajstić information content (AvgIpc) is 3.02. The molecular weight excluding hydrogens is 603 g/mol. The second kappa shape index (κ2) is 14.7. The predicted molar refractivity (Wildman–Crippen MR) is 172 cm³/mol. The van der Waals surface area contributed by atoms with E-state index in [4.69, 9.17) is 23.2 Å². The van der Waals surface area contributed by atoms with E-state index in [1.54, 1.807) is 111 Å². The van der Waals surface area contributed by atoms with Crippen LogP contribution in [0.2, 0.25) is 10.0 Å². The molecule has 0 aliphatic rings. The van der Waals surface area contributed by atoms with Gasteiger partial charge in [-0.2, -0.15) is 10.2 Å². The molecule has 4 amide bonds. The minimum Gasteiger partial charge on any atom is -0.322 e. The van der Waals surface area contributed by atoms with Gasteiger partial charge in [0.05, 0.1) is 11.4 Å². The number of rotatable bonds is 8. The van der Waals surface area contributed by atoms with Crippen molar-refractivity contribution in [2.45, 2.75) is 13.8 Å². The van der Waals surface area contributed by atoms with Crippen LogP contribution in [0.3, 0.4) is 0 Å². The molecule has 4 rings (SSSR count). The summed E-state index contributed by atoms with van der Waals surface area (Å²) in [5.74, 6) is -2.69. The van der Waals surface area contributed by atoms with Crippen molar-refractivity contribution in [2.24, 2.45) is 10.2 Å². The Labute approximate surface area is 263 Å². The van der Waals surface area contributed by atoms with Crippen LogP contribution in [0, 0.1) is 0 Å². The minimum absolute atomic E-state index is 0.316. The van der Waals surface area contributed by atoms with Gasteiger partial charge in [-0.25, -0.2) is 10.9 Å². The molecular formula is C32H26Cl2N6O4. The average molecular weight is 630 g/mol. The first kappa shape index (κ1) is 31.6. The van der Waals surface area contributed by atoms with Crippen LogP contribution >= 0.6 is 23.2 Å². The fourth-order valence-electron chi connectivity index (χ4n) is 3.75. The molecule has 222 valence electrons. The second-order valence-corrected chi connectivity index (χ2v) is 10.2. The quantitative estimate of drug-likeness (QED) is 0.110. The van der Waals surface area contributed by atoms with E-state index in [2.05, 4.69) is 31.7 Å². The first-order valence-electron chi connectivity index (χ1n) is 13.1. The van der Waals surface area contributed by atoms with Crippen molar-refractivity contribution in [1.29, 1.82) is 0 Å². The SMILES string of the molecule is C/C(=N\NC(=O)C(=O)N/N=C(\C)c1cccc(NC(=O)c2ccc(Cl)cc2)c1)c1cccc(NC(=O)c2ccc(Cl)cc2)c1. The van der Waals surface area contributed by atoms with Crippen molar-refractivity contribution in [3.63, 3.8) is 0 Å². The summed E-state index contributed by atoms with van der Waals surface area (Å²) in [6, 6.07) is 26.6. The number of nitrogens with zero attached hydrogens (tertiary/aromatic N) is 2. The number of hydrazone groups is 2. The molecule has 0 atom stereocenters. The lowest BCUT2D eigenvalue weighted by atomic mass is 10.1. The molecule has 44 heavy (non-hydrogen) atoms. The molecule has 12 heteroatoms. The Hall–Kier alpha value is -5.32. The van der Waals surface area contributed by atoms with E-state index in [1.807, 2.05) is 0 Å². The van der Waals surface area contributed by atoms with E-state index < -0.39 is 11.8 Å². The highest BCUT2D eigenvalue weighted by Gasteiger charge is 2.14. The lowest BCUT2D eigenvalue weighted by Gasteiger charge is -2.08. The summed E-state index contributed by atoms with van der Waals surface area (Å²) >= 11 is 11.8. The number of nitrogens with one attached hydrogen (secondary N) is 4. The van der Waals surface area contributed by atoms with Crippen LogP contribution in [-0.2, 0) is 9.59 Å². The molecule has 4 N–H and O–H groups in total. The number of anilines is 2. The van der Waals surface area contributed by atoms with Crippen LogP contribution in [0.5, 0.6) is 0 Å². The summed E-state index contributed by atoms with van der Waals surface area (Å²) in [4.78, 5) is 49.7. The molecule has 0 saturated carbocycles. The molecule has 0 bridgehead atoms. The Morgan fingerprint density at radius 1 is 0.523 bits per heavy atom. The van der Waals surface area contributed by atoms with Gasteiger partial charge in [-0.3, -0.25) is 19.2 Å². The maximum absolute atomic E-state index is 12.5.